The number of sulfonamides is 1. The summed E-state index contributed by atoms with van der Waals surface area (Å²) >= 11 is 0. The first-order chi connectivity index (χ1) is 8.55. The van der Waals surface area contributed by atoms with Crippen LogP contribution in [-0.4, -0.2) is 60.1 Å². The van der Waals surface area contributed by atoms with Gasteiger partial charge in [-0.2, -0.15) is 14.7 Å². The summed E-state index contributed by atoms with van der Waals surface area (Å²) in [4.78, 5) is 1.94. The lowest BCUT2D eigenvalue weighted by Crippen LogP contribution is -2.48. The van der Waals surface area contributed by atoms with Gasteiger partial charge in [0.15, 0.2) is 5.03 Å². The van der Waals surface area contributed by atoms with Gasteiger partial charge in [0, 0.05) is 33.2 Å². The van der Waals surface area contributed by atoms with Gasteiger partial charge in [-0.15, -0.1) is 0 Å². The maximum Gasteiger partial charge on any atom is 0.260 e. The van der Waals surface area contributed by atoms with Crippen molar-refractivity contribution in [2.45, 2.75) is 5.03 Å². The molecule has 0 spiro atoms. The van der Waals surface area contributed by atoms with E-state index in [0.717, 1.165) is 0 Å². The Morgan fingerprint density at radius 2 is 2.06 bits per heavy atom. The molecule has 1 saturated heterocycles. The van der Waals surface area contributed by atoms with Gasteiger partial charge in [0.1, 0.15) is 0 Å². The van der Waals surface area contributed by atoms with Gasteiger partial charge in [0.05, 0.1) is 18.8 Å². The van der Waals surface area contributed by atoms with Crippen molar-refractivity contribution in [3.63, 3.8) is 0 Å². The first-order valence-electron chi connectivity index (χ1n) is 5.63. The average Bonchev–Trinajstić information content (AvgIpc) is 2.77. The van der Waals surface area contributed by atoms with Gasteiger partial charge in [0.25, 0.3) is 10.0 Å². The smallest absolute Gasteiger partial charge is 0.260 e. The van der Waals surface area contributed by atoms with E-state index in [9.17, 15) is 8.42 Å². The molecule has 1 fully saturated rings. The summed E-state index contributed by atoms with van der Waals surface area (Å²) in [6, 6.07) is 3.57. The number of aromatic nitrogens is 2. The number of rotatable bonds is 3. The molecule has 0 aromatic carbocycles. The Kier molecular flexibility index (Phi) is 3.65. The molecule has 2 rings (SSSR count). The molecule has 0 atom stereocenters. The highest BCUT2D eigenvalue weighted by molar-refractivity contribution is 7.89. The van der Waals surface area contributed by atoms with Crippen molar-refractivity contribution >= 4 is 10.0 Å². The number of nitriles is 1. The standard InChI is InChI=1S/C10H15N5O2S/c1-13-10(2-4-12-13)18(16,17)15-8-6-14(5-3-11)7-9-15/h2,4H,5-9H2,1H3. The average molecular weight is 269 g/mol. The fourth-order valence-electron chi connectivity index (χ4n) is 1.98. The highest BCUT2D eigenvalue weighted by Crippen LogP contribution is 2.16. The lowest BCUT2D eigenvalue weighted by Gasteiger charge is -2.32. The van der Waals surface area contributed by atoms with Crippen molar-refractivity contribution in [1.29, 1.82) is 5.26 Å². The Morgan fingerprint density at radius 3 is 2.56 bits per heavy atom. The Labute approximate surface area is 106 Å². The molecule has 7 nitrogen and oxygen atoms in total. The van der Waals surface area contributed by atoms with E-state index in [-0.39, 0.29) is 5.03 Å². The predicted molar refractivity (Wildman–Crippen MR) is 64.0 cm³/mol. The van der Waals surface area contributed by atoms with Crippen LogP contribution >= 0.6 is 0 Å². The molecule has 1 aliphatic rings. The third-order valence-corrected chi connectivity index (χ3v) is 4.98. The van der Waals surface area contributed by atoms with Crippen LogP contribution in [0.1, 0.15) is 0 Å². The van der Waals surface area contributed by atoms with E-state index in [2.05, 4.69) is 11.2 Å². The Balaban J connectivity index is 2.10. The molecule has 0 saturated carbocycles. The molecule has 1 aliphatic heterocycles. The summed E-state index contributed by atoms with van der Waals surface area (Å²) in [5, 5.41) is 12.7. The molecule has 8 heteroatoms. The second-order valence-corrected chi connectivity index (χ2v) is 6.02. The third kappa shape index (κ3) is 2.38. The molecule has 0 N–H and O–H groups in total. The summed E-state index contributed by atoms with van der Waals surface area (Å²) in [5.74, 6) is 0. The van der Waals surface area contributed by atoms with Crippen LogP contribution in [0.4, 0.5) is 0 Å². The van der Waals surface area contributed by atoms with Gasteiger partial charge in [-0.05, 0) is 6.07 Å². The third-order valence-electron chi connectivity index (χ3n) is 3.01. The number of hydrogen-bond donors (Lipinski definition) is 0. The monoisotopic (exact) mass is 269 g/mol. The van der Waals surface area contributed by atoms with E-state index in [1.165, 1.54) is 21.3 Å². The van der Waals surface area contributed by atoms with Gasteiger partial charge in [-0.25, -0.2) is 8.42 Å². The summed E-state index contributed by atoms with van der Waals surface area (Å²) in [6.45, 7) is 2.35. The van der Waals surface area contributed by atoms with Gasteiger partial charge in [-0.1, -0.05) is 0 Å². The van der Waals surface area contributed by atoms with Crippen LogP contribution in [0.25, 0.3) is 0 Å². The van der Waals surface area contributed by atoms with Crippen molar-refractivity contribution in [2.24, 2.45) is 7.05 Å². The van der Waals surface area contributed by atoms with Gasteiger partial charge in [-0.3, -0.25) is 9.58 Å². The SMILES string of the molecule is Cn1nccc1S(=O)(=O)N1CCN(CC#N)CC1. The summed E-state index contributed by atoms with van der Waals surface area (Å²) in [7, 11) is -1.85. The fraction of sp³-hybridized carbons (Fsp3) is 0.600. The zero-order valence-corrected chi connectivity index (χ0v) is 11.0. The zero-order chi connectivity index (χ0) is 13.2. The lowest BCUT2D eigenvalue weighted by molar-refractivity contribution is 0.205. The molecule has 1 aromatic rings. The topological polar surface area (TPSA) is 82.2 Å². The molecule has 0 bridgehead atoms. The van der Waals surface area contributed by atoms with Crippen LogP contribution in [-0.2, 0) is 17.1 Å². The molecule has 1 aromatic heterocycles. The maximum absolute atomic E-state index is 12.3. The number of aryl methyl sites for hydroxylation is 1. The Hall–Kier alpha value is -1.43. The number of nitrogens with zero attached hydrogens (tertiary/aromatic N) is 5. The maximum atomic E-state index is 12.3. The van der Waals surface area contributed by atoms with E-state index < -0.39 is 10.0 Å². The zero-order valence-electron chi connectivity index (χ0n) is 10.2. The number of hydrogen-bond acceptors (Lipinski definition) is 5. The van der Waals surface area contributed by atoms with Crippen LogP contribution in [0.15, 0.2) is 17.3 Å². The first kappa shape index (κ1) is 13.0. The Morgan fingerprint density at radius 1 is 1.39 bits per heavy atom. The first-order valence-corrected chi connectivity index (χ1v) is 7.07. The highest BCUT2D eigenvalue weighted by Gasteiger charge is 2.30. The minimum absolute atomic E-state index is 0.205. The molecule has 0 aliphatic carbocycles. The van der Waals surface area contributed by atoms with E-state index in [1.54, 1.807) is 7.05 Å². The van der Waals surface area contributed by atoms with Gasteiger partial charge < -0.3 is 0 Å². The van der Waals surface area contributed by atoms with Gasteiger partial charge in [0.2, 0.25) is 0 Å². The van der Waals surface area contributed by atoms with Crippen LogP contribution in [0.2, 0.25) is 0 Å². The Bertz CT molecular complexity index is 551. The molecule has 0 radical (unpaired) electrons. The molecule has 0 amide bonds. The van der Waals surface area contributed by atoms with Crippen LogP contribution < -0.4 is 0 Å². The van der Waals surface area contributed by atoms with E-state index in [4.69, 9.17) is 5.26 Å². The van der Waals surface area contributed by atoms with Crippen molar-refractivity contribution in [3.05, 3.63) is 12.3 Å². The minimum atomic E-state index is -3.46. The number of piperazine rings is 1. The highest BCUT2D eigenvalue weighted by atomic mass is 32.2. The normalized spacial score (nSPS) is 18.7. The largest absolute Gasteiger partial charge is 0.288 e. The quantitative estimate of drug-likeness (QED) is 0.674. The molecular formula is C10H15N5O2S. The van der Waals surface area contributed by atoms with Gasteiger partial charge >= 0.3 is 0 Å². The van der Waals surface area contributed by atoms with Crippen molar-refractivity contribution in [3.8, 4) is 6.07 Å². The molecule has 0 unspecified atom stereocenters. The summed E-state index contributed by atoms with van der Waals surface area (Å²) < 4.78 is 27.4. The van der Waals surface area contributed by atoms with Crippen LogP contribution in [0.5, 0.6) is 0 Å². The molecule has 18 heavy (non-hydrogen) atoms. The fourth-order valence-corrected chi connectivity index (χ4v) is 3.50. The lowest BCUT2D eigenvalue weighted by atomic mass is 10.4. The van der Waals surface area contributed by atoms with Crippen LogP contribution in [0.3, 0.4) is 0 Å². The van der Waals surface area contributed by atoms with E-state index in [0.29, 0.717) is 32.7 Å². The minimum Gasteiger partial charge on any atom is -0.288 e. The van der Waals surface area contributed by atoms with E-state index in [1.807, 2.05) is 4.90 Å². The van der Waals surface area contributed by atoms with E-state index >= 15 is 0 Å². The molecule has 2 heterocycles. The van der Waals surface area contributed by atoms with Crippen molar-refractivity contribution in [1.82, 2.24) is 19.0 Å². The van der Waals surface area contributed by atoms with Crippen LogP contribution in [0, 0.1) is 11.3 Å². The summed E-state index contributed by atoms with van der Waals surface area (Å²) in [6.07, 6.45) is 1.47. The second-order valence-electron chi connectivity index (χ2n) is 4.13. The van der Waals surface area contributed by atoms with Crippen molar-refractivity contribution < 1.29 is 8.42 Å². The van der Waals surface area contributed by atoms with Crippen molar-refractivity contribution in [2.75, 3.05) is 32.7 Å². The molecular weight excluding hydrogens is 254 g/mol. The predicted octanol–water partition coefficient (Wildman–Crippen LogP) is -0.750. The molecule has 98 valence electrons. The second kappa shape index (κ2) is 5.06. The summed E-state index contributed by atoms with van der Waals surface area (Å²) in [5.41, 5.74) is 0.